The van der Waals surface area contributed by atoms with Crippen molar-refractivity contribution in [1.29, 1.82) is 0 Å². The van der Waals surface area contributed by atoms with Crippen molar-refractivity contribution in [3.05, 3.63) is 27.7 Å². The first-order valence-electron chi connectivity index (χ1n) is 5.95. The van der Waals surface area contributed by atoms with E-state index in [2.05, 4.69) is 21.2 Å². The average molecular weight is 332 g/mol. The lowest BCUT2D eigenvalue weighted by Crippen LogP contribution is -2.44. The zero-order chi connectivity index (χ0) is 13.3. The SMILES string of the molecule is CC1(C(=O)Nc2ccc(Br)c(Cl)c2)CCCC1N. The van der Waals surface area contributed by atoms with Gasteiger partial charge in [0.15, 0.2) is 0 Å². The highest BCUT2D eigenvalue weighted by atomic mass is 79.9. The zero-order valence-electron chi connectivity index (χ0n) is 10.2. The number of carbonyl (C=O) groups is 1. The summed E-state index contributed by atoms with van der Waals surface area (Å²) in [7, 11) is 0. The molecule has 2 rings (SSSR count). The van der Waals surface area contributed by atoms with Crippen LogP contribution in [0.1, 0.15) is 26.2 Å². The van der Waals surface area contributed by atoms with Gasteiger partial charge in [-0.05, 0) is 53.9 Å². The van der Waals surface area contributed by atoms with Crippen LogP contribution in [0.25, 0.3) is 0 Å². The van der Waals surface area contributed by atoms with Crippen molar-refractivity contribution in [3.8, 4) is 0 Å². The summed E-state index contributed by atoms with van der Waals surface area (Å²) in [6, 6.07) is 5.29. The highest BCUT2D eigenvalue weighted by Crippen LogP contribution is 2.38. The van der Waals surface area contributed by atoms with E-state index >= 15 is 0 Å². The number of nitrogens with one attached hydrogen (secondary N) is 1. The molecule has 0 saturated heterocycles. The van der Waals surface area contributed by atoms with Gasteiger partial charge in [-0.15, -0.1) is 0 Å². The molecular weight excluding hydrogens is 316 g/mol. The van der Waals surface area contributed by atoms with E-state index in [4.69, 9.17) is 17.3 Å². The third kappa shape index (κ3) is 2.56. The van der Waals surface area contributed by atoms with E-state index in [1.807, 2.05) is 19.1 Å². The van der Waals surface area contributed by atoms with E-state index < -0.39 is 5.41 Å². The van der Waals surface area contributed by atoms with Gasteiger partial charge in [-0.1, -0.05) is 18.0 Å². The monoisotopic (exact) mass is 330 g/mol. The van der Waals surface area contributed by atoms with Gasteiger partial charge in [0, 0.05) is 16.2 Å². The van der Waals surface area contributed by atoms with Gasteiger partial charge in [-0.2, -0.15) is 0 Å². The van der Waals surface area contributed by atoms with E-state index in [1.165, 1.54) is 0 Å². The van der Waals surface area contributed by atoms with Crippen LogP contribution in [0.15, 0.2) is 22.7 Å². The summed E-state index contributed by atoms with van der Waals surface area (Å²) in [6.07, 6.45) is 2.75. The smallest absolute Gasteiger partial charge is 0.231 e. The minimum absolute atomic E-state index is 0.0223. The first-order chi connectivity index (χ1) is 8.43. The van der Waals surface area contributed by atoms with Crippen LogP contribution in [0, 0.1) is 5.41 Å². The molecule has 2 atom stereocenters. The summed E-state index contributed by atoms with van der Waals surface area (Å²) < 4.78 is 0.811. The maximum absolute atomic E-state index is 12.3. The Morgan fingerprint density at radius 3 is 2.89 bits per heavy atom. The molecule has 1 fully saturated rings. The predicted molar refractivity (Wildman–Crippen MR) is 77.7 cm³/mol. The molecule has 0 spiro atoms. The number of hydrogen-bond acceptors (Lipinski definition) is 2. The normalized spacial score (nSPS) is 27.2. The summed E-state index contributed by atoms with van der Waals surface area (Å²) in [5, 5.41) is 3.48. The number of nitrogens with two attached hydrogens (primary N) is 1. The molecular formula is C13H16BrClN2O. The second kappa shape index (κ2) is 5.19. The molecule has 0 aromatic heterocycles. The number of halogens is 2. The van der Waals surface area contributed by atoms with Gasteiger partial charge in [0.25, 0.3) is 0 Å². The number of rotatable bonds is 2. The molecule has 3 N–H and O–H groups in total. The third-order valence-electron chi connectivity index (χ3n) is 3.73. The van der Waals surface area contributed by atoms with Crippen LogP contribution in [-0.4, -0.2) is 11.9 Å². The topological polar surface area (TPSA) is 55.1 Å². The van der Waals surface area contributed by atoms with Crippen molar-refractivity contribution in [2.75, 3.05) is 5.32 Å². The van der Waals surface area contributed by atoms with Crippen molar-refractivity contribution in [1.82, 2.24) is 0 Å². The Balaban J connectivity index is 2.14. The molecule has 1 amide bonds. The van der Waals surface area contributed by atoms with Crippen molar-refractivity contribution in [3.63, 3.8) is 0 Å². The summed E-state index contributed by atoms with van der Waals surface area (Å²) in [4.78, 5) is 12.3. The fraction of sp³-hybridized carbons (Fsp3) is 0.462. The van der Waals surface area contributed by atoms with Crippen LogP contribution in [-0.2, 0) is 4.79 Å². The molecule has 1 aromatic carbocycles. The van der Waals surface area contributed by atoms with Crippen molar-refractivity contribution >= 4 is 39.1 Å². The quantitative estimate of drug-likeness (QED) is 0.870. The van der Waals surface area contributed by atoms with Crippen LogP contribution >= 0.6 is 27.5 Å². The van der Waals surface area contributed by atoms with Gasteiger partial charge >= 0.3 is 0 Å². The van der Waals surface area contributed by atoms with Crippen LogP contribution in [0.5, 0.6) is 0 Å². The third-order valence-corrected chi connectivity index (χ3v) is 4.96. The minimum Gasteiger partial charge on any atom is -0.327 e. The van der Waals surface area contributed by atoms with E-state index in [-0.39, 0.29) is 11.9 Å². The molecule has 0 heterocycles. The number of benzene rings is 1. The van der Waals surface area contributed by atoms with Gasteiger partial charge in [-0.25, -0.2) is 0 Å². The first-order valence-corrected chi connectivity index (χ1v) is 7.12. The number of amides is 1. The Hall–Kier alpha value is -0.580. The molecule has 18 heavy (non-hydrogen) atoms. The van der Waals surface area contributed by atoms with E-state index in [0.29, 0.717) is 10.7 Å². The second-order valence-electron chi connectivity index (χ2n) is 5.00. The van der Waals surface area contributed by atoms with Crippen LogP contribution in [0.2, 0.25) is 5.02 Å². The second-order valence-corrected chi connectivity index (χ2v) is 6.26. The van der Waals surface area contributed by atoms with Gasteiger partial charge in [0.1, 0.15) is 0 Å². The Labute approximate surface area is 120 Å². The highest BCUT2D eigenvalue weighted by Gasteiger charge is 2.42. The maximum Gasteiger partial charge on any atom is 0.231 e. The molecule has 1 aliphatic carbocycles. The van der Waals surface area contributed by atoms with Crippen LogP contribution in [0.4, 0.5) is 5.69 Å². The van der Waals surface area contributed by atoms with E-state index in [0.717, 1.165) is 23.7 Å². The van der Waals surface area contributed by atoms with Gasteiger partial charge in [-0.3, -0.25) is 4.79 Å². The lowest BCUT2D eigenvalue weighted by Gasteiger charge is -2.27. The highest BCUT2D eigenvalue weighted by molar-refractivity contribution is 9.10. The molecule has 1 aliphatic rings. The Kier molecular flexibility index (Phi) is 3.99. The molecule has 1 saturated carbocycles. The summed E-state index contributed by atoms with van der Waals surface area (Å²) in [5.74, 6) is -0.0223. The first kappa shape index (κ1) is 13.8. The van der Waals surface area contributed by atoms with Gasteiger partial charge < -0.3 is 11.1 Å². The number of carbonyl (C=O) groups excluding carboxylic acids is 1. The van der Waals surface area contributed by atoms with E-state index in [9.17, 15) is 4.79 Å². The lowest BCUT2D eigenvalue weighted by atomic mass is 9.84. The Morgan fingerprint density at radius 1 is 1.61 bits per heavy atom. The summed E-state index contributed by atoms with van der Waals surface area (Å²) in [5.41, 5.74) is 6.26. The summed E-state index contributed by atoms with van der Waals surface area (Å²) >= 11 is 9.31. The molecule has 0 radical (unpaired) electrons. The standard InChI is InChI=1S/C13H16BrClN2O/c1-13(6-2-3-11(13)16)12(18)17-8-4-5-9(14)10(15)7-8/h4-5,7,11H,2-3,6,16H2,1H3,(H,17,18). The molecule has 3 nitrogen and oxygen atoms in total. The van der Waals surface area contributed by atoms with Crippen molar-refractivity contribution in [2.45, 2.75) is 32.2 Å². The van der Waals surface area contributed by atoms with Crippen LogP contribution < -0.4 is 11.1 Å². The molecule has 0 aliphatic heterocycles. The largest absolute Gasteiger partial charge is 0.327 e. The fourth-order valence-electron chi connectivity index (χ4n) is 2.32. The number of anilines is 1. The van der Waals surface area contributed by atoms with Crippen LogP contribution in [0.3, 0.4) is 0 Å². The number of hydrogen-bond donors (Lipinski definition) is 2. The zero-order valence-corrected chi connectivity index (χ0v) is 12.5. The molecule has 5 heteroatoms. The summed E-state index contributed by atoms with van der Waals surface area (Å²) in [6.45, 7) is 1.93. The van der Waals surface area contributed by atoms with Crippen molar-refractivity contribution < 1.29 is 4.79 Å². The van der Waals surface area contributed by atoms with Crippen molar-refractivity contribution in [2.24, 2.45) is 11.1 Å². The Morgan fingerprint density at radius 2 is 2.33 bits per heavy atom. The lowest BCUT2D eigenvalue weighted by molar-refractivity contribution is -0.125. The average Bonchev–Trinajstić information content (AvgIpc) is 2.66. The predicted octanol–water partition coefficient (Wildman–Crippen LogP) is 3.56. The molecule has 98 valence electrons. The maximum atomic E-state index is 12.3. The Bertz CT molecular complexity index is 480. The van der Waals surface area contributed by atoms with Gasteiger partial charge in [0.2, 0.25) is 5.91 Å². The van der Waals surface area contributed by atoms with Gasteiger partial charge in [0.05, 0.1) is 10.4 Å². The fourth-order valence-corrected chi connectivity index (χ4v) is 2.75. The molecule has 1 aromatic rings. The molecule has 2 unspecified atom stereocenters. The molecule has 0 bridgehead atoms. The van der Waals surface area contributed by atoms with E-state index in [1.54, 1.807) is 6.07 Å². The minimum atomic E-state index is -0.473.